The van der Waals surface area contributed by atoms with Gasteiger partial charge in [0.25, 0.3) is 0 Å². The zero-order valence-electron chi connectivity index (χ0n) is 13.5. The van der Waals surface area contributed by atoms with E-state index < -0.39 is 9.84 Å². The fraction of sp³-hybridized carbons (Fsp3) is 0.211. The Morgan fingerprint density at radius 2 is 1.58 bits per heavy atom. The molecule has 0 fully saturated rings. The van der Waals surface area contributed by atoms with Crippen LogP contribution in [0.5, 0.6) is 0 Å². The Labute approximate surface area is 140 Å². The Morgan fingerprint density at radius 3 is 2.17 bits per heavy atom. The number of ketones is 1. The quantitative estimate of drug-likeness (QED) is 0.851. The van der Waals surface area contributed by atoms with E-state index >= 15 is 0 Å². The molecule has 0 saturated heterocycles. The fourth-order valence-corrected chi connectivity index (χ4v) is 3.61. The zero-order chi connectivity index (χ0) is 17.5. The van der Waals surface area contributed by atoms with Crippen LogP contribution >= 0.6 is 0 Å². The van der Waals surface area contributed by atoms with Crippen LogP contribution in [0.2, 0.25) is 0 Å². The summed E-state index contributed by atoms with van der Waals surface area (Å²) in [5.41, 5.74) is 3.51. The third kappa shape index (κ3) is 3.04. The van der Waals surface area contributed by atoms with Crippen LogP contribution in [0.15, 0.2) is 47.4 Å². The zero-order valence-corrected chi connectivity index (χ0v) is 14.3. The molecule has 0 heterocycles. The molecule has 0 aliphatic heterocycles. The number of hydrogen-bond donors (Lipinski definition) is 0. The van der Waals surface area contributed by atoms with Gasteiger partial charge in [-0.2, -0.15) is 0 Å². The van der Waals surface area contributed by atoms with Crippen LogP contribution < -0.4 is 0 Å². The highest BCUT2D eigenvalue weighted by Gasteiger charge is 2.25. The second kappa shape index (κ2) is 5.98. The minimum Gasteiger partial charge on any atom is -0.294 e. The van der Waals surface area contributed by atoms with E-state index in [1.54, 1.807) is 43.3 Å². The van der Waals surface area contributed by atoms with Crippen molar-refractivity contribution in [2.24, 2.45) is 0 Å². The summed E-state index contributed by atoms with van der Waals surface area (Å²) >= 11 is 0. The molecular weight excluding hydrogens is 327 g/mol. The Morgan fingerprint density at radius 1 is 0.958 bits per heavy atom. The lowest BCUT2D eigenvalue weighted by Crippen LogP contribution is -1.98. The number of benzene rings is 2. The first-order chi connectivity index (χ1) is 11.3. The van der Waals surface area contributed by atoms with Gasteiger partial charge in [-0.1, -0.05) is 18.2 Å². The van der Waals surface area contributed by atoms with Crippen LogP contribution in [-0.2, 0) is 14.6 Å². The summed E-state index contributed by atoms with van der Waals surface area (Å²) in [5.74, 6) is -0.271. The Hall–Kier alpha value is -2.27. The monoisotopic (exact) mass is 344 g/mol. The maximum Gasteiger partial charge on any atom is 0.175 e. The first-order valence-corrected chi connectivity index (χ1v) is 9.50. The Bertz CT molecular complexity index is 955. The van der Waals surface area contributed by atoms with Crippen molar-refractivity contribution in [2.45, 2.75) is 24.7 Å². The SMILES string of the molecule is Cc1cc(C2=C(c3ccc(S(C)(=O)=O)cc3)CCC2=O)ccc1F. The van der Waals surface area contributed by atoms with Gasteiger partial charge in [0, 0.05) is 18.2 Å². The smallest absolute Gasteiger partial charge is 0.175 e. The Balaban J connectivity index is 2.11. The van der Waals surface area contributed by atoms with E-state index in [4.69, 9.17) is 0 Å². The molecule has 2 aromatic rings. The molecule has 0 radical (unpaired) electrons. The third-order valence-corrected chi connectivity index (χ3v) is 5.39. The molecule has 0 atom stereocenters. The molecule has 24 heavy (non-hydrogen) atoms. The molecule has 3 nitrogen and oxygen atoms in total. The van der Waals surface area contributed by atoms with E-state index in [1.165, 1.54) is 6.07 Å². The van der Waals surface area contributed by atoms with Crippen LogP contribution in [0.1, 0.15) is 29.5 Å². The molecule has 0 unspecified atom stereocenters. The van der Waals surface area contributed by atoms with Crippen molar-refractivity contribution in [3.8, 4) is 0 Å². The highest BCUT2D eigenvalue weighted by atomic mass is 32.2. The van der Waals surface area contributed by atoms with Crippen LogP contribution in [0, 0.1) is 12.7 Å². The van der Waals surface area contributed by atoms with Crippen LogP contribution in [0.3, 0.4) is 0 Å². The summed E-state index contributed by atoms with van der Waals surface area (Å²) in [6, 6.07) is 11.2. The minimum absolute atomic E-state index is 0.0307. The lowest BCUT2D eigenvalue weighted by atomic mass is 9.95. The summed E-state index contributed by atoms with van der Waals surface area (Å²) < 4.78 is 36.6. The van der Waals surface area contributed by atoms with Gasteiger partial charge in [-0.25, -0.2) is 12.8 Å². The van der Waals surface area contributed by atoms with Crippen molar-refractivity contribution < 1.29 is 17.6 Å². The highest BCUT2D eigenvalue weighted by Crippen LogP contribution is 2.38. The molecule has 0 saturated carbocycles. The highest BCUT2D eigenvalue weighted by molar-refractivity contribution is 7.90. The Kier molecular flexibility index (Phi) is 4.13. The summed E-state index contributed by atoms with van der Waals surface area (Å²) in [5, 5.41) is 0. The van der Waals surface area contributed by atoms with Crippen LogP contribution in [0.4, 0.5) is 4.39 Å². The molecule has 0 N–H and O–H groups in total. The van der Waals surface area contributed by atoms with Crippen molar-refractivity contribution in [1.29, 1.82) is 0 Å². The number of carbonyl (C=O) groups excluding carboxylic acids is 1. The molecule has 0 aromatic heterocycles. The van der Waals surface area contributed by atoms with E-state index in [9.17, 15) is 17.6 Å². The van der Waals surface area contributed by atoms with Crippen molar-refractivity contribution >= 4 is 26.8 Å². The number of halogens is 1. The van der Waals surface area contributed by atoms with E-state index in [2.05, 4.69) is 0 Å². The fourth-order valence-electron chi connectivity index (χ4n) is 2.98. The van der Waals surface area contributed by atoms with Crippen LogP contribution in [-0.4, -0.2) is 20.5 Å². The van der Waals surface area contributed by atoms with E-state index in [1.807, 2.05) is 0 Å². The van der Waals surface area contributed by atoms with Crippen molar-refractivity contribution in [3.05, 3.63) is 65.0 Å². The molecule has 5 heteroatoms. The number of carbonyl (C=O) groups is 1. The van der Waals surface area contributed by atoms with Crippen molar-refractivity contribution in [1.82, 2.24) is 0 Å². The van der Waals surface area contributed by atoms with E-state index in [-0.39, 0.29) is 16.5 Å². The van der Waals surface area contributed by atoms with Gasteiger partial charge in [-0.05, 0) is 59.9 Å². The number of allylic oxidation sites excluding steroid dienone is 2. The lowest BCUT2D eigenvalue weighted by molar-refractivity contribution is -0.113. The predicted molar refractivity (Wildman–Crippen MR) is 91.7 cm³/mol. The molecular formula is C19H17FO3S. The maximum atomic E-state index is 13.5. The predicted octanol–water partition coefficient (Wildman–Crippen LogP) is 3.81. The average Bonchev–Trinajstić information content (AvgIpc) is 2.91. The maximum absolute atomic E-state index is 13.5. The van der Waals surface area contributed by atoms with Gasteiger partial charge in [0.2, 0.25) is 0 Å². The topological polar surface area (TPSA) is 51.2 Å². The number of aryl methyl sites for hydroxylation is 1. The molecule has 0 amide bonds. The van der Waals surface area contributed by atoms with Crippen molar-refractivity contribution in [2.75, 3.05) is 6.26 Å². The standard InChI is InChI=1S/C19H17FO3S/c1-12-11-14(5-9-17(12)20)19-16(8-10-18(19)21)13-3-6-15(7-4-13)24(2,22)23/h3-7,9,11H,8,10H2,1-2H3. The van der Waals surface area contributed by atoms with Gasteiger partial charge < -0.3 is 0 Å². The van der Waals surface area contributed by atoms with Gasteiger partial charge in [0.1, 0.15) is 5.82 Å². The molecule has 124 valence electrons. The number of hydrogen-bond acceptors (Lipinski definition) is 3. The average molecular weight is 344 g/mol. The minimum atomic E-state index is -3.25. The molecule has 1 aliphatic carbocycles. The summed E-state index contributed by atoms with van der Waals surface area (Å²) in [7, 11) is -3.25. The normalized spacial score (nSPS) is 15.2. The van der Waals surface area contributed by atoms with Gasteiger partial charge in [-0.3, -0.25) is 4.79 Å². The van der Waals surface area contributed by atoms with Gasteiger partial charge in [0.05, 0.1) is 4.90 Å². The summed E-state index contributed by atoms with van der Waals surface area (Å²) in [6.45, 7) is 1.67. The summed E-state index contributed by atoms with van der Waals surface area (Å²) in [4.78, 5) is 12.6. The van der Waals surface area contributed by atoms with E-state index in [0.717, 1.165) is 17.4 Å². The van der Waals surface area contributed by atoms with E-state index in [0.29, 0.717) is 29.5 Å². The first-order valence-electron chi connectivity index (χ1n) is 7.61. The van der Waals surface area contributed by atoms with Gasteiger partial charge in [-0.15, -0.1) is 0 Å². The first kappa shape index (κ1) is 16.6. The molecule has 2 aromatic carbocycles. The molecule has 0 spiro atoms. The largest absolute Gasteiger partial charge is 0.294 e. The second-order valence-electron chi connectivity index (χ2n) is 6.04. The van der Waals surface area contributed by atoms with Crippen molar-refractivity contribution in [3.63, 3.8) is 0 Å². The van der Waals surface area contributed by atoms with Crippen LogP contribution in [0.25, 0.3) is 11.1 Å². The number of sulfone groups is 1. The summed E-state index contributed by atoms with van der Waals surface area (Å²) in [6.07, 6.45) is 2.17. The number of rotatable bonds is 3. The van der Waals surface area contributed by atoms with Gasteiger partial charge >= 0.3 is 0 Å². The number of Topliss-reactive ketones (excluding diaryl/α,β-unsaturated/α-hetero) is 1. The van der Waals surface area contributed by atoms with Gasteiger partial charge in [0.15, 0.2) is 15.6 Å². The second-order valence-corrected chi connectivity index (χ2v) is 8.05. The third-order valence-electron chi connectivity index (χ3n) is 4.26. The molecule has 0 bridgehead atoms. The lowest BCUT2D eigenvalue weighted by Gasteiger charge is -2.09. The molecule has 3 rings (SSSR count). The molecule has 1 aliphatic rings.